The summed E-state index contributed by atoms with van der Waals surface area (Å²) in [6.45, 7) is 4.12. The molecule has 0 unspecified atom stereocenters. The molecular weight excluding hydrogens is 462 g/mol. The summed E-state index contributed by atoms with van der Waals surface area (Å²) >= 11 is 0. The highest BCUT2D eigenvalue weighted by Gasteiger charge is 2.35. The monoisotopic (exact) mass is 487 g/mol. The van der Waals surface area contributed by atoms with Crippen LogP contribution in [0.4, 0.5) is 0 Å². The second kappa shape index (κ2) is 9.07. The van der Waals surface area contributed by atoms with Gasteiger partial charge in [0.1, 0.15) is 23.8 Å². The van der Waals surface area contributed by atoms with Crippen molar-refractivity contribution in [1.82, 2.24) is 14.9 Å². The molecule has 10 nitrogen and oxygen atoms in total. The zero-order valence-corrected chi connectivity index (χ0v) is 19.8. The molecule has 11 heteroatoms. The van der Waals surface area contributed by atoms with Crippen LogP contribution in [0.5, 0.6) is 5.75 Å². The maximum Gasteiger partial charge on any atom is 0.296 e. The molecule has 1 amide bonds. The van der Waals surface area contributed by atoms with E-state index in [-0.39, 0.29) is 42.0 Å². The van der Waals surface area contributed by atoms with Crippen molar-refractivity contribution in [3.8, 4) is 5.75 Å². The molecule has 34 heavy (non-hydrogen) atoms. The number of benzene rings is 1. The van der Waals surface area contributed by atoms with Crippen molar-refractivity contribution in [3.05, 3.63) is 75.7 Å². The quantitative estimate of drug-likeness (QED) is 0.536. The molecule has 2 aromatic heterocycles. The Labute approximate surface area is 196 Å². The number of furan rings is 1. The van der Waals surface area contributed by atoms with Gasteiger partial charge in [-0.15, -0.1) is 0 Å². The summed E-state index contributed by atoms with van der Waals surface area (Å²) in [6, 6.07) is 12.0. The number of hydrogen-bond acceptors (Lipinski definition) is 8. The van der Waals surface area contributed by atoms with Crippen LogP contribution in [0.25, 0.3) is 0 Å². The van der Waals surface area contributed by atoms with Crippen molar-refractivity contribution in [3.63, 3.8) is 0 Å². The zero-order valence-electron chi connectivity index (χ0n) is 19.0. The molecule has 0 saturated heterocycles. The molecule has 0 fully saturated rings. The van der Waals surface area contributed by atoms with E-state index in [0.29, 0.717) is 12.4 Å². The van der Waals surface area contributed by atoms with Crippen molar-refractivity contribution >= 4 is 15.7 Å². The van der Waals surface area contributed by atoms with Crippen LogP contribution in [0.1, 0.15) is 41.5 Å². The smallest absolute Gasteiger partial charge is 0.296 e. The van der Waals surface area contributed by atoms with E-state index in [0.717, 1.165) is 11.8 Å². The first-order valence-corrected chi connectivity index (χ1v) is 12.5. The van der Waals surface area contributed by atoms with Gasteiger partial charge in [0.05, 0.1) is 19.7 Å². The van der Waals surface area contributed by atoms with Crippen molar-refractivity contribution in [2.45, 2.75) is 44.2 Å². The van der Waals surface area contributed by atoms with Gasteiger partial charge in [0.2, 0.25) is 20.7 Å². The highest BCUT2D eigenvalue weighted by molar-refractivity contribution is 7.90. The third-order valence-corrected chi connectivity index (χ3v) is 6.26. The van der Waals surface area contributed by atoms with E-state index in [4.69, 9.17) is 13.9 Å². The molecule has 1 aliphatic heterocycles. The first kappa shape index (κ1) is 23.7. The molecule has 3 heterocycles. The molecule has 0 spiro atoms. The lowest BCUT2D eigenvalue weighted by atomic mass is 10.1. The van der Waals surface area contributed by atoms with Crippen LogP contribution < -0.4 is 15.6 Å². The van der Waals surface area contributed by atoms with E-state index >= 15 is 0 Å². The van der Waals surface area contributed by atoms with Crippen LogP contribution in [-0.4, -0.2) is 36.7 Å². The summed E-state index contributed by atoms with van der Waals surface area (Å²) in [5.41, 5.74) is -0.709. The predicted octanol–water partition coefficient (Wildman–Crippen LogP) is 2.01. The van der Waals surface area contributed by atoms with Crippen molar-refractivity contribution in [1.29, 1.82) is 0 Å². The van der Waals surface area contributed by atoms with Crippen LogP contribution in [0.2, 0.25) is 0 Å². The maximum atomic E-state index is 13.3. The number of nitrogens with one attached hydrogen (secondary N) is 1. The van der Waals surface area contributed by atoms with E-state index < -0.39 is 26.9 Å². The first-order chi connectivity index (χ1) is 16.1. The summed E-state index contributed by atoms with van der Waals surface area (Å²) in [5.74, 6) is -0.279. The Balaban J connectivity index is 1.66. The van der Waals surface area contributed by atoms with E-state index in [1.54, 1.807) is 13.8 Å². The molecule has 4 rings (SSSR count). The topological polar surface area (TPSA) is 130 Å². The molecule has 0 atom stereocenters. The predicted molar refractivity (Wildman–Crippen MR) is 121 cm³/mol. The maximum absolute atomic E-state index is 13.3. The number of amides is 1. The van der Waals surface area contributed by atoms with Gasteiger partial charge in [-0.25, -0.2) is 13.4 Å². The van der Waals surface area contributed by atoms with Crippen LogP contribution in [0.3, 0.4) is 0 Å². The lowest BCUT2D eigenvalue weighted by Gasteiger charge is -2.32. The summed E-state index contributed by atoms with van der Waals surface area (Å²) in [6.07, 6.45) is 1.03. The number of ether oxygens (including phenoxy) is 2. The lowest BCUT2D eigenvalue weighted by Crippen LogP contribution is -2.43. The fraction of sp³-hybridized carbons (Fsp3) is 0.348. The standard InChI is InChI=1S/C23H25N3O7S/c1-23(2)22-25-18(20(27)24-13-16-9-10-17(33-16)34(3,29)30)19(21(28)26(22)11-12-32-23)31-14-15-7-5-4-6-8-15/h4-10H,11-14H2,1-3H3,(H,24,27). The zero-order chi connectivity index (χ0) is 24.5. The van der Waals surface area contributed by atoms with Gasteiger partial charge in [-0.1, -0.05) is 30.3 Å². The molecule has 1 N–H and O–H groups in total. The van der Waals surface area contributed by atoms with Crippen LogP contribution in [0.15, 0.2) is 56.8 Å². The largest absolute Gasteiger partial charge is 0.481 e. The van der Waals surface area contributed by atoms with Gasteiger partial charge in [0.25, 0.3) is 11.5 Å². The Morgan fingerprint density at radius 2 is 1.94 bits per heavy atom. The fourth-order valence-corrected chi connectivity index (χ4v) is 4.15. The first-order valence-electron chi connectivity index (χ1n) is 10.6. The summed E-state index contributed by atoms with van der Waals surface area (Å²) in [4.78, 5) is 30.9. The van der Waals surface area contributed by atoms with E-state index in [1.165, 1.54) is 16.7 Å². The number of sulfone groups is 1. The second-order valence-electron chi connectivity index (χ2n) is 8.38. The number of rotatable bonds is 7. The number of hydrogen-bond donors (Lipinski definition) is 1. The molecule has 0 radical (unpaired) electrons. The Hall–Kier alpha value is -3.44. The van der Waals surface area contributed by atoms with E-state index in [1.807, 2.05) is 30.3 Å². The van der Waals surface area contributed by atoms with Gasteiger partial charge in [0, 0.05) is 6.26 Å². The molecule has 1 aromatic carbocycles. The van der Waals surface area contributed by atoms with Gasteiger partial charge in [-0.2, -0.15) is 0 Å². The van der Waals surface area contributed by atoms with Crippen LogP contribution in [0, 0.1) is 0 Å². The van der Waals surface area contributed by atoms with Gasteiger partial charge in [-0.3, -0.25) is 14.2 Å². The fourth-order valence-electron chi connectivity index (χ4n) is 3.58. The Morgan fingerprint density at radius 1 is 1.21 bits per heavy atom. The number of nitrogens with zero attached hydrogens (tertiary/aromatic N) is 2. The molecular formula is C23H25N3O7S. The van der Waals surface area contributed by atoms with Crippen LogP contribution in [-0.2, 0) is 39.9 Å². The number of carbonyl (C=O) groups excluding carboxylic acids is 1. The van der Waals surface area contributed by atoms with Gasteiger partial charge in [0.15, 0.2) is 5.69 Å². The molecule has 180 valence electrons. The lowest BCUT2D eigenvalue weighted by molar-refractivity contribution is -0.0567. The second-order valence-corrected chi connectivity index (χ2v) is 10.3. The molecule has 1 aliphatic rings. The van der Waals surface area contributed by atoms with Crippen molar-refractivity contribution < 1.29 is 27.1 Å². The SMILES string of the molecule is CC1(C)OCCn2c1nc(C(=O)NCc1ccc(S(C)(=O)=O)o1)c(OCc1ccccc1)c2=O. The van der Waals surface area contributed by atoms with Gasteiger partial charge >= 0.3 is 0 Å². The number of fused-ring (bicyclic) bond motifs is 1. The number of carbonyl (C=O) groups is 1. The highest BCUT2D eigenvalue weighted by atomic mass is 32.2. The molecule has 0 saturated carbocycles. The van der Waals surface area contributed by atoms with Gasteiger partial charge < -0.3 is 19.2 Å². The average Bonchev–Trinajstić information content (AvgIpc) is 3.27. The third kappa shape index (κ3) is 4.90. The van der Waals surface area contributed by atoms with Crippen LogP contribution >= 0.6 is 0 Å². The van der Waals surface area contributed by atoms with Crippen molar-refractivity contribution in [2.75, 3.05) is 12.9 Å². The average molecular weight is 488 g/mol. The Bertz CT molecular complexity index is 1380. The van der Waals surface area contributed by atoms with Crippen molar-refractivity contribution in [2.24, 2.45) is 0 Å². The molecule has 3 aromatic rings. The minimum Gasteiger partial charge on any atom is -0.481 e. The summed E-state index contributed by atoms with van der Waals surface area (Å²) < 4.78 is 41.5. The Morgan fingerprint density at radius 3 is 2.62 bits per heavy atom. The summed E-state index contributed by atoms with van der Waals surface area (Å²) in [5, 5.41) is 2.42. The minimum absolute atomic E-state index is 0.0766. The molecule has 0 aliphatic carbocycles. The highest BCUT2D eigenvalue weighted by Crippen LogP contribution is 2.28. The molecule has 0 bridgehead atoms. The normalized spacial score (nSPS) is 14.9. The van der Waals surface area contributed by atoms with E-state index in [2.05, 4.69) is 10.3 Å². The number of aromatic nitrogens is 2. The van der Waals surface area contributed by atoms with E-state index in [9.17, 15) is 18.0 Å². The minimum atomic E-state index is -3.51. The third-order valence-electron chi connectivity index (χ3n) is 5.31. The Kier molecular flexibility index (Phi) is 6.32. The summed E-state index contributed by atoms with van der Waals surface area (Å²) in [7, 11) is -3.51. The van der Waals surface area contributed by atoms with Gasteiger partial charge in [-0.05, 0) is 31.5 Å².